The molecule has 9 nitrogen and oxygen atoms in total. The molecule has 0 spiro atoms. The number of amides is 2. The number of fused-ring (bicyclic) bond motifs is 2. The van der Waals surface area contributed by atoms with Crippen molar-refractivity contribution in [3.63, 3.8) is 0 Å². The van der Waals surface area contributed by atoms with Crippen LogP contribution in [0.15, 0.2) is 102 Å². The number of nitrogens with one attached hydrogen (secondary N) is 2. The average Bonchev–Trinajstić information content (AvgIpc) is 3.75. The lowest BCUT2D eigenvalue weighted by atomic mass is 9.96. The number of carbonyl (C=O) groups excluding carboxylic acids is 2. The number of rotatable bonds is 6. The van der Waals surface area contributed by atoms with Crippen molar-refractivity contribution < 1.29 is 18.7 Å². The summed E-state index contributed by atoms with van der Waals surface area (Å²) in [5, 5.41) is 2.95. The molecule has 3 heterocycles. The monoisotopic (exact) mass is 569 g/mol. The molecule has 4 aromatic carbocycles. The summed E-state index contributed by atoms with van der Waals surface area (Å²) < 4.78 is 10.9. The summed E-state index contributed by atoms with van der Waals surface area (Å²) in [4.78, 5) is 40.4. The van der Waals surface area contributed by atoms with Crippen molar-refractivity contribution in [3.8, 4) is 28.5 Å². The maximum Gasteiger partial charge on any atom is 0.255 e. The maximum atomic E-state index is 13.4. The van der Waals surface area contributed by atoms with E-state index in [9.17, 15) is 9.59 Å². The summed E-state index contributed by atoms with van der Waals surface area (Å²) in [5.74, 6) is 1.60. The summed E-state index contributed by atoms with van der Waals surface area (Å²) in [5.41, 5.74) is 7.34. The van der Waals surface area contributed by atoms with Crippen molar-refractivity contribution in [2.24, 2.45) is 0 Å². The summed E-state index contributed by atoms with van der Waals surface area (Å²) in [7, 11) is 1.56. The number of para-hydroxylation sites is 2. The van der Waals surface area contributed by atoms with E-state index in [1.54, 1.807) is 25.4 Å². The Kier molecular flexibility index (Phi) is 6.67. The van der Waals surface area contributed by atoms with Crippen molar-refractivity contribution in [2.75, 3.05) is 19.0 Å². The molecular weight excluding hydrogens is 542 g/mol. The highest BCUT2D eigenvalue weighted by atomic mass is 16.5. The zero-order valence-electron chi connectivity index (χ0n) is 23.3. The quantitative estimate of drug-likeness (QED) is 0.242. The van der Waals surface area contributed by atoms with Crippen LogP contribution in [0.5, 0.6) is 5.75 Å². The Morgan fingerprint density at radius 2 is 1.79 bits per heavy atom. The van der Waals surface area contributed by atoms with Crippen LogP contribution in [0.4, 0.5) is 5.69 Å². The summed E-state index contributed by atoms with van der Waals surface area (Å²) in [6, 6.07) is 26.4. The SMILES string of the molecule is COc1cc(NC(=O)c2ccc3c(c2)CN(C(=O)c2ccc(-c4nc5ccccc5[nH]4)cc2)CC3)ccc1-c1cnco1. The molecule has 0 aliphatic carbocycles. The molecule has 6 aromatic rings. The van der Waals surface area contributed by atoms with Gasteiger partial charge in [-0.2, -0.15) is 0 Å². The molecule has 2 N–H and O–H groups in total. The van der Waals surface area contributed by atoms with Gasteiger partial charge < -0.3 is 24.4 Å². The summed E-state index contributed by atoms with van der Waals surface area (Å²) >= 11 is 0. The van der Waals surface area contributed by atoms with Crippen LogP contribution in [0.3, 0.4) is 0 Å². The number of anilines is 1. The number of benzene rings is 4. The first-order valence-electron chi connectivity index (χ1n) is 13.9. The van der Waals surface area contributed by atoms with Crippen LogP contribution in [0.2, 0.25) is 0 Å². The highest BCUT2D eigenvalue weighted by Gasteiger charge is 2.23. The van der Waals surface area contributed by atoms with Gasteiger partial charge >= 0.3 is 0 Å². The van der Waals surface area contributed by atoms with Crippen molar-refractivity contribution >= 4 is 28.5 Å². The molecule has 0 radical (unpaired) electrons. The largest absolute Gasteiger partial charge is 0.496 e. The number of aromatic amines is 1. The van der Waals surface area contributed by atoms with Gasteiger partial charge in [-0.3, -0.25) is 9.59 Å². The topological polar surface area (TPSA) is 113 Å². The van der Waals surface area contributed by atoms with E-state index in [1.807, 2.05) is 77.7 Å². The third-order valence-electron chi connectivity index (χ3n) is 7.72. The number of hydrogen-bond acceptors (Lipinski definition) is 6. The highest BCUT2D eigenvalue weighted by molar-refractivity contribution is 6.04. The van der Waals surface area contributed by atoms with Crippen LogP contribution in [0.1, 0.15) is 31.8 Å². The molecule has 9 heteroatoms. The maximum absolute atomic E-state index is 13.4. The van der Waals surface area contributed by atoms with E-state index in [1.165, 1.54) is 6.39 Å². The zero-order chi connectivity index (χ0) is 29.3. The van der Waals surface area contributed by atoms with Gasteiger partial charge in [0.15, 0.2) is 12.2 Å². The normalized spacial score (nSPS) is 12.6. The first kappa shape index (κ1) is 26.2. The number of aromatic nitrogens is 3. The Hall–Kier alpha value is -5.70. The van der Waals surface area contributed by atoms with Crippen LogP contribution < -0.4 is 10.1 Å². The predicted molar refractivity (Wildman–Crippen MR) is 163 cm³/mol. The van der Waals surface area contributed by atoms with Gasteiger partial charge in [-0.25, -0.2) is 9.97 Å². The van der Waals surface area contributed by atoms with Crippen molar-refractivity contribution in [2.45, 2.75) is 13.0 Å². The molecule has 0 bridgehead atoms. The predicted octanol–water partition coefficient (Wildman–Crippen LogP) is 6.34. The second kappa shape index (κ2) is 10.9. The number of methoxy groups -OCH3 is 1. The van der Waals surface area contributed by atoms with E-state index in [0.717, 1.165) is 45.5 Å². The van der Waals surface area contributed by atoms with Gasteiger partial charge in [0.05, 0.1) is 29.9 Å². The van der Waals surface area contributed by atoms with Crippen LogP contribution in [-0.2, 0) is 13.0 Å². The van der Waals surface area contributed by atoms with Gasteiger partial charge in [0, 0.05) is 41.5 Å². The second-order valence-electron chi connectivity index (χ2n) is 10.4. The fraction of sp³-hybridized carbons (Fsp3) is 0.118. The molecule has 7 rings (SSSR count). The Balaban J connectivity index is 1.05. The molecule has 43 heavy (non-hydrogen) atoms. The minimum Gasteiger partial charge on any atom is -0.496 e. The Bertz CT molecular complexity index is 1930. The molecule has 1 aliphatic heterocycles. The van der Waals surface area contributed by atoms with Gasteiger partial charge in [0.25, 0.3) is 11.8 Å². The summed E-state index contributed by atoms with van der Waals surface area (Å²) in [6.07, 6.45) is 3.68. The van der Waals surface area contributed by atoms with Gasteiger partial charge in [0.1, 0.15) is 11.6 Å². The van der Waals surface area contributed by atoms with Crippen LogP contribution >= 0.6 is 0 Å². The molecular formula is C34H27N5O4. The zero-order valence-corrected chi connectivity index (χ0v) is 23.3. The van der Waals surface area contributed by atoms with E-state index >= 15 is 0 Å². The second-order valence-corrected chi connectivity index (χ2v) is 10.4. The number of hydrogen-bond donors (Lipinski definition) is 2. The summed E-state index contributed by atoms with van der Waals surface area (Å²) in [6.45, 7) is 1.04. The molecule has 0 saturated heterocycles. The minimum absolute atomic E-state index is 0.0457. The Labute approximate surface area is 247 Å². The fourth-order valence-electron chi connectivity index (χ4n) is 5.44. The molecule has 212 valence electrons. The fourth-order valence-corrected chi connectivity index (χ4v) is 5.44. The smallest absolute Gasteiger partial charge is 0.255 e. The van der Waals surface area contributed by atoms with E-state index in [2.05, 4.69) is 20.3 Å². The lowest BCUT2D eigenvalue weighted by molar-refractivity contribution is 0.0734. The van der Waals surface area contributed by atoms with Crippen molar-refractivity contribution in [1.29, 1.82) is 0 Å². The van der Waals surface area contributed by atoms with Crippen molar-refractivity contribution in [1.82, 2.24) is 19.9 Å². The molecule has 0 unspecified atom stereocenters. The number of carbonyl (C=O) groups is 2. The van der Waals surface area contributed by atoms with Crippen LogP contribution in [-0.4, -0.2) is 45.3 Å². The van der Waals surface area contributed by atoms with Gasteiger partial charge in [-0.05, 0) is 66.1 Å². The number of imidazole rings is 1. The van der Waals surface area contributed by atoms with Gasteiger partial charge in [-0.1, -0.05) is 30.3 Å². The number of H-pyrrole nitrogens is 1. The highest BCUT2D eigenvalue weighted by Crippen LogP contribution is 2.32. The molecule has 0 saturated carbocycles. The Morgan fingerprint density at radius 1 is 0.953 bits per heavy atom. The molecule has 0 atom stereocenters. The molecule has 2 amide bonds. The van der Waals surface area contributed by atoms with E-state index in [4.69, 9.17) is 9.15 Å². The van der Waals surface area contributed by atoms with Crippen molar-refractivity contribution in [3.05, 3.63) is 120 Å². The number of nitrogens with zero attached hydrogens (tertiary/aromatic N) is 3. The van der Waals surface area contributed by atoms with E-state index in [0.29, 0.717) is 41.4 Å². The lowest BCUT2D eigenvalue weighted by Crippen LogP contribution is -2.36. The third-order valence-corrected chi connectivity index (χ3v) is 7.72. The standard InChI is InChI=1S/C34H27N5O4/c1-42-30-17-26(12-13-27(30)31-18-35-20-43-31)36-33(40)24-11-6-21-14-15-39(19-25(21)16-24)34(41)23-9-7-22(8-10-23)32-37-28-4-2-3-5-29(28)38-32/h2-13,16-18,20H,14-15,19H2,1H3,(H,36,40)(H,37,38). The lowest BCUT2D eigenvalue weighted by Gasteiger charge is -2.29. The minimum atomic E-state index is -0.248. The van der Waals surface area contributed by atoms with Crippen LogP contribution in [0.25, 0.3) is 33.7 Å². The number of ether oxygens (including phenoxy) is 1. The molecule has 0 fully saturated rings. The first-order valence-corrected chi connectivity index (χ1v) is 13.9. The van der Waals surface area contributed by atoms with E-state index < -0.39 is 0 Å². The third kappa shape index (κ3) is 5.12. The molecule has 1 aliphatic rings. The Morgan fingerprint density at radius 3 is 2.58 bits per heavy atom. The van der Waals surface area contributed by atoms with Gasteiger partial charge in [-0.15, -0.1) is 0 Å². The molecule has 2 aromatic heterocycles. The first-order chi connectivity index (χ1) is 21.1. The van der Waals surface area contributed by atoms with Gasteiger partial charge in [0.2, 0.25) is 0 Å². The number of oxazole rings is 1. The van der Waals surface area contributed by atoms with E-state index in [-0.39, 0.29) is 11.8 Å². The average molecular weight is 570 g/mol. The van der Waals surface area contributed by atoms with Crippen LogP contribution in [0, 0.1) is 0 Å².